The van der Waals surface area contributed by atoms with E-state index in [-0.39, 0.29) is 6.10 Å². The lowest BCUT2D eigenvalue weighted by molar-refractivity contribution is -0.0280. The smallest absolute Gasteiger partial charge is 0.0540 e. The Morgan fingerprint density at radius 1 is 1.00 bits per heavy atom. The summed E-state index contributed by atoms with van der Waals surface area (Å²) < 4.78 is 0. The van der Waals surface area contributed by atoms with E-state index >= 15 is 0 Å². The first-order valence-electron chi connectivity index (χ1n) is 8.25. The predicted octanol–water partition coefficient (Wildman–Crippen LogP) is 4.36. The molecular weight excluding hydrogens is 234 g/mol. The summed E-state index contributed by atoms with van der Waals surface area (Å²) in [7, 11) is 0. The minimum Gasteiger partial charge on any atom is -0.393 e. The molecule has 19 heavy (non-hydrogen) atoms. The largest absolute Gasteiger partial charge is 0.393 e. The average Bonchev–Trinajstić information content (AvgIpc) is 2.26. The maximum absolute atomic E-state index is 9.78. The van der Waals surface area contributed by atoms with Gasteiger partial charge in [-0.3, -0.25) is 4.90 Å². The average molecular weight is 269 g/mol. The first-order chi connectivity index (χ1) is 8.79. The molecule has 1 saturated heterocycles. The molecule has 0 amide bonds. The van der Waals surface area contributed by atoms with Crippen molar-refractivity contribution in [2.24, 2.45) is 0 Å². The van der Waals surface area contributed by atoms with Crippen LogP contribution >= 0.6 is 0 Å². The zero-order valence-corrected chi connectivity index (χ0v) is 13.8. The molecule has 1 atom stereocenters. The fourth-order valence-corrected chi connectivity index (χ4v) is 3.78. The van der Waals surface area contributed by atoms with Crippen molar-refractivity contribution in [2.75, 3.05) is 6.54 Å². The Morgan fingerprint density at radius 2 is 1.58 bits per heavy atom. The Bertz CT molecular complexity index is 244. The molecule has 1 aliphatic rings. The highest BCUT2D eigenvalue weighted by Gasteiger charge is 2.40. The van der Waals surface area contributed by atoms with Gasteiger partial charge in [-0.15, -0.1) is 0 Å². The van der Waals surface area contributed by atoms with Crippen molar-refractivity contribution < 1.29 is 5.11 Å². The van der Waals surface area contributed by atoms with Crippen molar-refractivity contribution in [3.05, 3.63) is 0 Å². The minimum absolute atomic E-state index is 0.0765. The molecule has 1 unspecified atom stereocenters. The van der Waals surface area contributed by atoms with E-state index in [1.54, 1.807) is 0 Å². The molecule has 1 heterocycles. The SMILES string of the molecule is CCCC(O)CCCCN1C(C)(C)CCCC1(C)C. The summed E-state index contributed by atoms with van der Waals surface area (Å²) in [5.41, 5.74) is 0.674. The first-order valence-corrected chi connectivity index (χ1v) is 8.25. The number of nitrogens with zero attached hydrogens (tertiary/aromatic N) is 1. The number of hydrogen-bond donors (Lipinski definition) is 1. The van der Waals surface area contributed by atoms with Crippen LogP contribution in [-0.2, 0) is 0 Å². The molecule has 0 radical (unpaired) electrons. The number of likely N-dealkylation sites (tertiary alicyclic amines) is 1. The van der Waals surface area contributed by atoms with E-state index in [1.165, 1.54) is 32.2 Å². The molecule has 0 aromatic carbocycles. The second-order valence-electron chi connectivity index (χ2n) is 7.57. The molecule has 0 aliphatic carbocycles. The van der Waals surface area contributed by atoms with Gasteiger partial charge in [0.15, 0.2) is 0 Å². The van der Waals surface area contributed by atoms with Crippen LogP contribution in [-0.4, -0.2) is 33.7 Å². The zero-order valence-electron chi connectivity index (χ0n) is 13.8. The number of unbranched alkanes of at least 4 members (excludes halogenated alkanes) is 1. The van der Waals surface area contributed by atoms with Crippen LogP contribution in [0.1, 0.15) is 86.0 Å². The molecule has 1 rings (SSSR count). The van der Waals surface area contributed by atoms with E-state index in [0.29, 0.717) is 11.1 Å². The molecular formula is C17H35NO. The van der Waals surface area contributed by atoms with Gasteiger partial charge in [0.05, 0.1) is 6.10 Å². The van der Waals surface area contributed by atoms with Crippen molar-refractivity contribution in [2.45, 2.75) is 103 Å². The van der Waals surface area contributed by atoms with Gasteiger partial charge in [-0.25, -0.2) is 0 Å². The molecule has 114 valence electrons. The van der Waals surface area contributed by atoms with Crippen molar-refractivity contribution in [3.63, 3.8) is 0 Å². The second-order valence-corrected chi connectivity index (χ2v) is 7.57. The lowest BCUT2D eigenvalue weighted by Crippen LogP contribution is -2.58. The molecule has 2 nitrogen and oxygen atoms in total. The number of rotatable bonds is 7. The van der Waals surface area contributed by atoms with Gasteiger partial charge in [0, 0.05) is 11.1 Å². The van der Waals surface area contributed by atoms with Gasteiger partial charge >= 0.3 is 0 Å². The third-order valence-corrected chi connectivity index (χ3v) is 4.83. The van der Waals surface area contributed by atoms with E-state index in [2.05, 4.69) is 39.5 Å². The topological polar surface area (TPSA) is 23.5 Å². The Morgan fingerprint density at radius 3 is 2.11 bits per heavy atom. The molecule has 2 heteroatoms. The van der Waals surface area contributed by atoms with Crippen LogP contribution in [0.3, 0.4) is 0 Å². The summed E-state index contributed by atoms with van der Waals surface area (Å²) >= 11 is 0. The molecule has 0 bridgehead atoms. The predicted molar refractivity (Wildman–Crippen MR) is 83.5 cm³/mol. The van der Waals surface area contributed by atoms with Gasteiger partial charge in [-0.2, -0.15) is 0 Å². The van der Waals surface area contributed by atoms with E-state index in [1.807, 2.05) is 0 Å². The molecule has 0 saturated carbocycles. The van der Waals surface area contributed by atoms with Crippen LogP contribution in [0.2, 0.25) is 0 Å². The summed E-state index contributed by atoms with van der Waals surface area (Å²) in [6.07, 6.45) is 9.30. The summed E-state index contributed by atoms with van der Waals surface area (Å²) in [4.78, 5) is 2.70. The highest BCUT2D eigenvalue weighted by atomic mass is 16.3. The monoisotopic (exact) mass is 269 g/mol. The van der Waals surface area contributed by atoms with E-state index in [4.69, 9.17) is 0 Å². The maximum atomic E-state index is 9.78. The van der Waals surface area contributed by atoms with E-state index in [0.717, 1.165) is 25.7 Å². The number of hydrogen-bond acceptors (Lipinski definition) is 2. The standard InChI is InChI=1S/C17H35NO/c1-6-10-15(19)11-7-8-14-18-16(2,3)12-9-13-17(18,4)5/h15,19H,6-14H2,1-5H3. The lowest BCUT2D eigenvalue weighted by atomic mass is 9.79. The highest BCUT2D eigenvalue weighted by Crippen LogP contribution is 2.38. The van der Waals surface area contributed by atoms with Gasteiger partial charge < -0.3 is 5.11 Å². The Hall–Kier alpha value is -0.0800. The Balaban J connectivity index is 2.37. The van der Waals surface area contributed by atoms with E-state index < -0.39 is 0 Å². The molecule has 0 aromatic heterocycles. The zero-order chi connectivity index (χ0) is 14.5. The normalized spacial score (nSPS) is 24.3. The fraction of sp³-hybridized carbons (Fsp3) is 1.00. The third-order valence-electron chi connectivity index (χ3n) is 4.83. The molecule has 1 N–H and O–H groups in total. The molecule has 0 spiro atoms. The fourth-order valence-electron chi connectivity index (χ4n) is 3.78. The Labute approximate surface area is 120 Å². The van der Waals surface area contributed by atoms with Crippen molar-refractivity contribution in [1.29, 1.82) is 0 Å². The van der Waals surface area contributed by atoms with Crippen LogP contribution in [0, 0.1) is 0 Å². The van der Waals surface area contributed by atoms with Crippen molar-refractivity contribution >= 4 is 0 Å². The summed E-state index contributed by atoms with van der Waals surface area (Å²) in [5, 5.41) is 9.78. The minimum atomic E-state index is -0.0765. The number of aliphatic hydroxyl groups excluding tert-OH is 1. The summed E-state index contributed by atoms with van der Waals surface area (Å²) in [5.74, 6) is 0. The first kappa shape index (κ1) is 17.0. The quantitative estimate of drug-likeness (QED) is 0.694. The van der Waals surface area contributed by atoms with Crippen LogP contribution < -0.4 is 0 Å². The van der Waals surface area contributed by atoms with Crippen LogP contribution in [0.5, 0.6) is 0 Å². The highest BCUT2D eigenvalue weighted by molar-refractivity contribution is 4.96. The van der Waals surface area contributed by atoms with Crippen LogP contribution in [0.4, 0.5) is 0 Å². The maximum Gasteiger partial charge on any atom is 0.0540 e. The van der Waals surface area contributed by atoms with Crippen LogP contribution in [0.15, 0.2) is 0 Å². The second kappa shape index (κ2) is 7.08. The molecule has 1 fully saturated rings. The summed E-state index contributed by atoms with van der Waals surface area (Å²) in [6.45, 7) is 12.9. The van der Waals surface area contributed by atoms with E-state index in [9.17, 15) is 5.11 Å². The Kier molecular flexibility index (Phi) is 6.32. The van der Waals surface area contributed by atoms with Gasteiger partial charge in [-0.1, -0.05) is 13.3 Å². The van der Waals surface area contributed by atoms with Gasteiger partial charge in [-0.05, 0) is 79.2 Å². The number of piperidine rings is 1. The third kappa shape index (κ3) is 5.07. The summed E-state index contributed by atoms with van der Waals surface area (Å²) in [6, 6.07) is 0. The van der Waals surface area contributed by atoms with Crippen molar-refractivity contribution in [3.8, 4) is 0 Å². The lowest BCUT2D eigenvalue weighted by Gasteiger charge is -2.53. The van der Waals surface area contributed by atoms with Gasteiger partial charge in [0.25, 0.3) is 0 Å². The number of aliphatic hydroxyl groups is 1. The molecule has 1 aliphatic heterocycles. The van der Waals surface area contributed by atoms with Crippen molar-refractivity contribution in [1.82, 2.24) is 4.90 Å². The van der Waals surface area contributed by atoms with Gasteiger partial charge in [0.1, 0.15) is 0 Å². The van der Waals surface area contributed by atoms with Gasteiger partial charge in [0.2, 0.25) is 0 Å². The van der Waals surface area contributed by atoms with Crippen LogP contribution in [0.25, 0.3) is 0 Å². The molecule has 0 aromatic rings.